The molecule has 11 heteroatoms. The Morgan fingerprint density at radius 2 is 1.84 bits per heavy atom. The van der Waals surface area contributed by atoms with E-state index in [4.69, 9.17) is 20.9 Å². The molecule has 2 saturated heterocycles. The van der Waals surface area contributed by atoms with E-state index in [0.29, 0.717) is 30.6 Å². The van der Waals surface area contributed by atoms with Crippen LogP contribution in [0.3, 0.4) is 0 Å². The van der Waals surface area contributed by atoms with Gasteiger partial charge in [-0.15, -0.1) is 0 Å². The number of allylic oxidation sites excluding steroid dienone is 1. The molecule has 2 aliphatic heterocycles. The number of esters is 1. The topological polar surface area (TPSA) is 184 Å². The molecular weight excluding hydrogens is 632 g/mol. The van der Waals surface area contributed by atoms with E-state index < -0.39 is 29.0 Å². The van der Waals surface area contributed by atoms with Gasteiger partial charge in [0.1, 0.15) is 18.8 Å². The summed E-state index contributed by atoms with van der Waals surface area (Å²) in [6.07, 6.45) is 18.0. The van der Waals surface area contributed by atoms with Crippen LogP contribution in [-0.4, -0.2) is 79.7 Å². The van der Waals surface area contributed by atoms with E-state index in [-0.39, 0.29) is 54.2 Å². The SMILES string of the molecule is CC[NH2+]C1C=CC(CC)CC1COC(=O)C12OC1(CC=C(C)C1(C(NC(N)=[NH+]C)C3CC[NH2+]C(N)C3)CCCC1)C(=O)C1CCCCC1C2=O. The Morgan fingerprint density at radius 3 is 2.50 bits per heavy atom. The van der Waals surface area contributed by atoms with Gasteiger partial charge in [0.15, 0.2) is 17.2 Å². The summed E-state index contributed by atoms with van der Waals surface area (Å²) in [7, 11) is 1.82. The summed E-state index contributed by atoms with van der Waals surface area (Å²) in [6, 6.07) is 0.265. The largest absolute Gasteiger partial charge is 0.463 e. The highest BCUT2D eigenvalue weighted by molar-refractivity contribution is 6.23. The van der Waals surface area contributed by atoms with Crippen LogP contribution in [0.5, 0.6) is 0 Å². The third-order valence-corrected chi connectivity index (χ3v) is 13.7. The van der Waals surface area contributed by atoms with E-state index in [9.17, 15) is 14.4 Å². The number of fused-ring (bicyclic) bond motifs is 2. The number of likely N-dealkylation sites (N-methyl/N-ethyl adjacent to an activating group) is 1. The molecule has 0 aromatic carbocycles. The Labute approximate surface area is 298 Å². The van der Waals surface area contributed by atoms with Gasteiger partial charge < -0.3 is 20.1 Å². The number of nitrogens with two attached hydrogens (primary N) is 4. The summed E-state index contributed by atoms with van der Waals surface area (Å²) in [4.78, 5) is 46.4. The Balaban J connectivity index is 1.29. The lowest BCUT2D eigenvalue weighted by atomic mass is 9.60. The second kappa shape index (κ2) is 15.2. The van der Waals surface area contributed by atoms with Crippen molar-refractivity contribution in [3.05, 3.63) is 23.8 Å². The van der Waals surface area contributed by atoms with E-state index in [2.05, 4.69) is 59.9 Å². The summed E-state index contributed by atoms with van der Waals surface area (Å²) in [6.45, 7) is 8.58. The second-order valence-corrected chi connectivity index (χ2v) is 16.4. The fraction of sp³-hybridized carbons (Fsp3) is 0.795. The number of nitrogens with one attached hydrogen (secondary N) is 2. The minimum absolute atomic E-state index is 0.0453. The molecule has 3 saturated carbocycles. The number of piperidine rings is 1. The van der Waals surface area contributed by atoms with E-state index in [1.807, 2.05) is 7.05 Å². The van der Waals surface area contributed by atoms with Gasteiger partial charge in [-0.3, -0.25) is 31.4 Å². The van der Waals surface area contributed by atoms with Crippen molar-refractivity contribution in [1.29, 1.82) is 0 Å². The Bertz CT molecular complexity index is 1370. The molecule has 0 amide bonds. The first-order valence-corrected chi connectivity index (χ1v) is 19.9. The molecule has 278 valence electrons. The lowest BCUT2D eigenvalue weighted by molar-refractivity contribution is -0.699. The number of hydrogen-bond donors (Lipinski definition) is 6. The standard InChI is InChI=1S/C39H62N6O5/c1-5-25-13-14-30(43-6-2)27(21-25)23-49-35(48)39-34(47)29-12-8-7-11-28(29)33(46)38(39,50-39)19-15-24(3)37(17-9-10-18-37)32(45-36(41)42-4)26-16-20-44-31(40)22-26/h13-15,25-32,43-44H,5-12,16-23,40H2,1-4H3,(H3,41,42,45)/p+3. The smallest absolute Gasteiger partial charge is 0.350 e. The van der Waals surface area contributed by atoms with Crippen molar-refractivity contribution in [1.82, 2.24) is 5.32 Å². The Hall–Kier alpha value is -2.60. The molecule has 0 aromatic rings. The maximum atomic E-state index is 14.5. The van der Waals surface area contributed by atoms with Crippen LogP contribution in [0.2, 0.25) is 0 Å². The Morgan fingerprint density at radius 1 is 1.12 bits per heavy atom. The molecule has 6 rings (SSSR count). The molecule has 5 fully saturated rings. The molecule has 0 radical (unpaired) electrons. The molecule has 11 nitrogen and oxygen atoms in total. The predicted molar refractivity (Wildman–Crippen MR) is 190 cm³/mol. The quantitative estimate of drug-likeness (QED) is 0.0401. The molecular formula is C39H65N6O5+3. The van der Waals surface area contributed by atoms with Crippen LogP contribution in [0, 0.1) is 35.0 Å². The van der Waals surface area contributed by atoms with Crippen molar-refractivity contribution in [3.63, 3.8) is 0 Å². The summed E-state index contributed by atoms with van der Waals surface area (Å²) in [5, 5.41) is 8.15. The van der Waals surface area contributed by atoms with Crippen LogP contribution in [-0.2, 0) is 23.9 Å². The number of ether oxygens (including phenoxy) is 2. The lowest BCUT2D eigenvalue weighted by Gasteiger charge is -2.43. The molecule has 0 aromatic heterocycles. The summed E-state index contributed by atoms with van der Waals surface area (Å²) >= 11 is 0. The van der Waals surface area contributed by atoms with Crippen LogP contribution in [0.25, 0.3) is 0 Å². The summed E-state index contributed by atoms with van der Waals surface area (Å²) in [5.74, 6) is -0.416. The maximum absolute atomic E-state index is 14.5. The molecule has 4 aliphatic carbocycles. The van der Waals surface area contributed by atoms with Crippen LogP contribution in [0.4, 0.5) is 0 Å². The number of guanidine groups is 1. The first kappa shape index (κ1) is 37.2. The molecule has 10 unspecified atom stereocenters. The molecule has 10 N–H and O–H groups in total. The molecule has 0 spiro atoms. The number of epoxide rings is 1. The fourth-order valence-corrected chi connectivity index (χ4v) is 10.8. The van der Waals surface area contributed by atoms with Crippen molar-refractivity contribution < 1.29 is 39.5 Å². The van der Waals surface area contributed by atoms with Crippen LogP contribution in [0.1, 0.15) is 104 Å². The predicted octanol–water partition coefficient (Wildman–Crippen LogP) is -0.312. The highest BCUT2D eigenvalue weighted by atomic mass is 16.7. The lowest BCUT2D eigenvalue weighted by Crippen LogP contribution is -2.95. The Kier molecular flexibility index (Phi) is 11.3. The van der Waals surface area contributed by atoms with Crippen molar-refractivity contribution in [2.24, 2.45) is 46.5 Å². The van der Waals surface area contributed by atoms with Gasteiger partial charge in [-0.25, -0.2) is 4.79 Å². The normalized spacial score (nSPS) is 39.0. The molecule has 0 bridgehead atoms. The van der Waals surface area contributed by atoms with Gasteiger partial charge in [0, 0.05) is 48.3 Å². The van der Waals surface area contributed by atoms with Gasteiger partial charge in [0.05, 0.1) is 26.2 Å². The fourth-order valence-electron chi connectivity index (χ4n) is 10.8. The van der Waals surface area contributed by atoms with E-state index in [0.717, 1.165) is 82.9 Å². The minimum Gasteiger partial charge on any atom is -0.463 e. The van der Waals surface area contributed by atoms with Crippen molar-refractivity contribution in [2.75, 3.05) is 26.7 Å². The number of carbonyl (C=O) groups excluding carboxylic acids is 3. The zero-order valence-electron chi connectivity index (χ0n) is 31.0. The molecule has 6 aliphatic rings. The number of quaternary nitrogens is 2. The van der Waals surface area contributed by atoms with E-state index in [1.54, 1.807) is 0 Å². The van der Waals surface area contributed by atoms with Crippen molar-refractivity contribution in [3.8, 4) is 0 Å². The van der Waals surface area contributed by atoms with Crippen LogP contribution < -0.4 is 32.4 Å². The van der Waals surface area contributed by atoms with Gasteiger partial charge in [-0.1, -0.05) is 50.3 Å². The first-order valence-electron chi connectivity index (χ1n) is 19.9. The zero-order chi connectivity index (χ0) is 35.7. The maximum Gasteiger partial charge on any atom is 0.350 e. The number of rotatable bonds is 12. The third kappa shape index (κ3) is 6.49. The van der Waals surface area contributed by atoms with Crippen LogP contribution in [0.15, 0.2) is 23.8 Å². The van der Waals surface area contributed by atoms with E-state index >= 15 is 0 Å². The highest BCUT2D eigenvalue weighted by Gasteiger charge is 2.87. The highest BCUT2D eigenvalue weighted by Crippen LogP contribution is 2.62. The van der Waals surface area contributed by atoms with Gasteiger partial charge in [-0.2, -0.15) is 0 Å². The van der Waals surface area contributed by atoms with Crippen molar-refractivity contribution in [2.45, 2.75) is 134 Å². The molecule has 50 heavy (non-hydrogen) atoms. The van der Waals surface area contributed by atoms with Gasteiger partial charge in [0.2, 0.25) is 0 Å². The number of Topliss-reactive ketones (excluding diaryl/α,β-unsaturated/α-hetero) is 2. The number of ketones is 2. The van der Waals surface area contributed by atoms with Crippen LogP contribution >= 0.6 is 0 Å². The molecule has 10 atom stereocenters. The first-order chi connectivity index (χ1) is 24.1. The second-order valence-electron chi connectivity index (χ2n) is 16.4. The van der Waals surface area contributed by atoms with Gasteiger partial charge in [0.25, 0.3) is 5.60 Å². The van der Waals surface area contributed by atoms with Crippen molar-refractivity contribution >= 4 is 23.5 Å². The average molecular weight is 698 g/mol. The monoisotopic (exact) mass is 697 g/mol. The number of hydrogen-bond acceptors (Lipinski definition) is 6. The summed E-state index contributed by atoms with van der Waals surface area (Å²) < 4.78 is 12.5. The third-order valence-electron chi connectivity index (χ3n) is 13.7. The van der Waals surface area contributed by atoms with Gasteiger partial charge in [-0.05, 0) is 64.4 Å². The summed E-state index contributed by atoms with van der Waals surface area (Å²) in [5.41, 5.74) is 10.5. The van der Waals surface area contributed by atoms with E-state index in [1.165, 1.54) is 0 Å². The number of carbonyl (C=O) groups is 3. The van der Waals surface area contributed by atoms with Gasteiger partial charge >= 0.3 is 11.9 Å². The minimum atomic E-state index is -1.85. The average Bonchev–Trinajstić information content (AvgIpc) is 3.60. The molecule has 2 heterocycles. The zero-order valence-corrected chi connectivity index (χ0v) is 31.0.